The fourth-order valence-electron chi connectivity index (χ4n) is 3.10. The van der Waals surface area contributed by atoms with Gasteiger partial charge < -0.3 is 29.2 Å². The summed E-state index contributed by atoms with van der Waals surface area (Å²) in [6.45, 7) is 4.87. The maximum absolute atomic E-state index is 12.0. The first-order chi connectivity index (χ1) is 14.5. The van der Waals surface area contributed by atoms with Gasteiger partial charge in [0.2, 0.25) is 5.88 Å². The van der Waals surface area contributed by atoms with E-state index in [1.807, 2.05) is 26.0 Å². The van der Waals surface area contributed by atoms with Gasteiger partial charge in [0.1, 0.15) is 29.7 Å². The maximum Gasteiger partial charge on any atom is 0.410 e. The van der Waals surface area contributed by atoms with E-state index < -0.39 is 0 Å². The zero-order chi connectivity index (χ0) is 21.5. The third kappa shape index (κ3) is 5.88. The summed E-state index contributed by atoms with van der Waals surface area (Å²) in [7, 11) is 3.20. The molecule has 9 heteroatoms. The largest absolute Gasteiger partial charge is 0.497 e. The Hall–Kier alpha value is -3.23. The van der Waals surface area contributed by atoms with E-state index in [2.05, 4.69) is 15.3 Å². The van der Waals surface area contributed by atoms with Gasteiger partial charge in [-0.15, -0.1) is 0 Å². The van der Waals surface area contributed by atoms with E-state index in [1.54, 1.807) is 31.3 Å². The molecule has 0 aliphatic carbocycles. The monoisotopic (exact) mass is 416 g/mol. The molecule has 1 fully saturated rings. The number of likely N-dealkylation sites (tertiary alicyclic amines) is 1. The smallest absolute Gasteiger partial charge is 0.410 e. The first-order valence-corrected chi connectivity index (χ1v) is 9.91. The molecule has 1 aromatic carbocycles. The van der Waals surface area contributed by atoms with Gasteiger partial charge in [-0.3, -0.25) is 0 Å². The van der Waals surface area contributed by atoms with Gasteiger partial charge in [-0.25, -0.2) is 14.8 Å². The first kappa shape index (κ1) is 21.5. The van der Waals surface area contributed by atoms with Crippen LogP contribution in [0.5, 0.6) is 17.4 Å². The number of aromatic nitrogens is 2. The number of carbonyl (C=O) groups is 1. The fraction of sp³-hybridized carbons (Fsp3) is 0.476. The zero-order valence-electron chi connectivity index (χ0n) is 17.8. The van der Waals surface area contributed by atoms with Gasteiger partial charge in [-0.2, -0.15) is 0 Å². The molecule has 1 amide bonds. The van der Waals surface area contributed by atoms with Gasteiger partial charge in [0.15, 0.2) is 0 Å². The number of carbonyl (C=O) groups excluding carboxylic acids is 1. The summed E-state index contributed by atoms with van der Waals surface area (Å²) in [5, 5.41) is 3.21. The Balaban J connectivity index is 1.58. The predicted molar refractivity (Wildman–Crippen MR) is 112 cm³/mol. The maximum atomic E-state index is 12.0. The van der Waals surface area contributed by atoms with Crippen LogP contribution in [0.1, 0.15) is 26.7 Å². The molecule has 30 heavy (non-hydrogen) atoms. The summed E-state index contributed by atoms with van der Waals surface area (Å²) in [5.74, 6) is 2.41. The van der Waals surface area contributed by atoms with Crippen molar-refractivity contribution in [1.29, 1.82) is 0 Å². The number of anilines is 2. The highest BCUT2D eigenvalue weighted by Crippen LogP contribution is 2.28. The summed E-state index contributed by atoms with van der Waals surface area (Å²) in [4.78, 5) is 22.2. The van der Waals surface area contributed by atoms with Gasteiger partial charge in [0.25, 0.3) is 0 Å². The molecule has 0 bridgehead atoms. The summed E-state index contributed by atoms with van der Waals surface area (Å²) >= 11 is 0. The molecule has 9 nitrogen and oxygen atoms in total. The normalized spacial score (nSPS) is 14.4. The van der Waals surface area contributed by atoms with Crippen LogP contribution >= 0.6 is 0 Å². The SMILES string of the molecule is COc1cc(Nc2cc(OC3CCN(C(=O)OC(C)C)CC3)ncn2)cc(OC)c1. The van der Waals surface area contributed by atoms with E-state index >= 15 is 0 Å². The van der Waals surface area contributed by atoms with Crippen molar-refractivity contribution < 1.29 is 23.7 Å². The van der Waals surface area contributed by atoms with Crippen LogP contribution < -0.4 is 19.5 Å². The number of hydrogen-bond acceptors (Lipinski definition) is 8. The predicted octanol–water partition coefficient (Wildman–Crippen LogP) is 3.63. The third-order valence-corrected chi connectivity index (χ3v) is 4.59. The van der Waals surface area contributed by atoms with Crippen LogP contribution in [0.3, 0.4) is 0 Å². The molecule has 3 rings (SSSR count). The minimum atomic E-state index is -0.273. The molecule has 2 heterocycles. The molecular formula is C21H28N4O5. The second-order valence-electron chi connectivity index (χ2n) is 7.20. The van der Waals surface area contributed by atoms with E-state index in [4.69, 9.17) is 18.9 Å². The highest BCUT2D eigenvalue weighted by Gasteiger charge is 2.25. The van der Waals surface area contributed by atoms with Crippen LogP contribution in [0, 0.1) is 0 Å². The number of benzene rings is 1. The van der Waals surface area contributed by atoms with Crippen LogP contribution in [0.2, 0.25) is 0 Å². The fourth-order valence-corrected chi connectivity index (χ4v) is 3.10. The molecule has 1 N–H and O–H groups in total. The molecule has 1 saturated heterocycles. The number of amides is 1. The van der Waals surface area contributed by atoms with Gasteiger partial charge in [-0.05, 0) is 13.8 Å². The average molecular weight is 416 g/mol. The summed E-state index contributed by atoms with van der Waals surface area (Å²) in [6, 6.07) is 7.22. The van der Waals surface area contributed by atoms with Crippen molar-refractivity contribution >= 4 is 17.6 Å². The highest BCUT2D eigenvalue weighted by atomic mass is 16.6. The molecule has 162 valence electrons. The lowest BCUT2D eigenvalue weighted by atomic mass is 10.1. The number of nitrogens with one attached hydrogen (secondary N) is 1. The minimum Gasteiger partial charge on any atom is -0.497 e. The van der Waals surface area contributed by atoms with E-state index in [9.17, 15) is 4.79 Å². The Morgan fingerprint density at radius 2 is 1.73 bits per heavy atom. The number of nitrogens with zero attached hydrogens (tertiary/aromatic N) is 3. The van der Waals surface area contributed by atoms with Gasteiger partial charge >= 0.3 is 6.09 Å². The molecule has 0 spiro atoms. The number of methoxy groups -OCH3 is 2. The lowest BCUT2D eigenvalue weighted by molar-refractivity contribution is 0.0507. The van der Waals surface area contributed by atoms with E-state index in [-0.39, 0.29) is 18.3 Å². The van der Waals surface area contributed by atoms with Gasteiger partial charge in [0.05, 0.1) is 20.3 Å². The molecule has 1 aromatic heterocycles. The molecular weight excluding hydrogens is 388 g/mol. The molecule has 0 saturated carbocycles. The Morgan fingerprint density at radius 3 is 2.33 bits per heavy atom. The van der Waals surface area contributed by atoms with Crippen LogP contribution in [-0.2, 0) is 4.74 Å². The third-order valence-electron chi connectivity index (χ3n) is 4.59. The molecule has 0 atom stereocenters. The van der Waals surface area contributed by atoms with Crippen LogP contribution in [0.15, 0.2) is 30.6 Å². The standard InChI is InChI=1S/C21H28N4O5/c1-14(2)29-21(26)25-7-5-16(6-8-25)30-20-12-19(22-13-23-20)24-15-9-17(27-3)11-18(10-15)28-4/h9-14,16H,5-8H2,1-4H3,(H,22,23,24). The summed E-state index contributed by atoms with van der Waals surface area (Å²) < 4.78 is 21.8. The van der Waals surface area contributed by atoms with Crippen molar-refractivity contribution in [2.24, 2.45) is 0 Å². The quantitative estimate of drug-likeness (QED) is 0.731. The minimum absolute atomic E-state index is 0.0206. The van der Waals surface area contributed by atoms with E-state index in [0.29, 0.717) is 49.1 Å². The Morgan fingerprint density at radius 1 is 1.07 bits per heavy atom. The lowest BCUT2D eigenvalue weighted by Crippen LogP contribution is -2.42. The molecule has 1 aliphatic rings. The molecule has 0 radical (unpaired) electrons. The van der Waals surface area contributed by atoms with Crippen molar-refractivity contribution in [2.75, 3.05) is 32.6 Å². The number of piperidine rings is 1. The molecule has 2 aromatic rings. The Bertz CT molecular complexity index is 831. The van der Waals surface area contributed by atoms with Crippen molar-refractivity contribution in [3.63, 3.8) is 0 Å². The lowest BCUT2D eigenvalue weighted by Gasteiger charge is -2.31. The second kappa shape index (κ2) is 10.00. The van der Waals surface area contributed by atoms with Crippen LogP contribution in [-0.4, -0.2) is 60.5 Å². The first-order valence-electron chi connectivity index (χ1n) is 9.91. The summed E-state index contributed by atoms with van der Waals surface area (Å²) in [5.41, 5.74) is 0.771. The zero-order valence-corrected chi connectivity index (χ0v) is 17.8. The van der Waals surface area contributed by atoms with Crippen molar-refractivity contribution in [3.05, 3.63) is 30.6 Å². The average Bonchev–Trinajstić information content (AvgIpc) is 2.73. The highest BCUT2D eigenvalue weighted by molar-refractivity contribution is 5.67. The van der Waals surface area contributed by atoms with Crippen molar-refractivity contribution in [3.8, 4) is 17.4 Å². The van der Waals surface area contributed by atoms with Gasteiger partial charge in [-0.1, -0.05) is 0 Å². The van der Waals surface area contributed by atoms with E-state index in [1.165, 1.54) is 6.33 Å². The van der Waals surface area contributed by atoms with Crippen molar-refractivity contribution in [2.45, 2.75) is 38.9 Å². The Labute approximate surface area is 176 Å². The number of ether oxygens (including phenoxy) is 4. The van der Waals surface area contributed by atoms with E-state index in [0.717, 1.165) is 5.69 Å². The topological polar surface area (TPSA) is 95.0 Å². The van der Waals surface area contributed by atoms with Crippen LogP contribution in [0.25, 0.3) is 0 Å². The number of hydrogen-bond donors (Lipinski definition) is 1. The number of rotatable bonds is 7. The summed E-state index contributed by atoms with van der Waals surface area (Å²) in [6.07, 6.45) is 2.46. The Kier molecular flexibility index (Phi) is 7.16. The molecule has 0 unspecified atom stereocenters. The van der Waals surface area contributed by atoms with Crippen LogP contribution in [0.4, 0.5) is 16.3 Å². The molecule has 1 aliphatic heterocycles. The van der Waals surface area contributed by atoms with Gasteiger partial charge in [0, 0.05) is 55.9 Å². The second-order valence-corrected chi connectivity index (χ2v) is 7.20. The van der Waals surface area contributed by atoms with Crippen molar-refractivity contribution in [1.82, 2.24) is 14.9 Å².